The van der Waals surface area contributed by atoms with Crippen molar-refractivity contribution in [2.24, 2.45) is 5.73 Å². The van der Waals surface area contributed by atoms with Crippen molar-refractivity contribution in [2.75, 3.05) is 11.9 Å². The summed E-state index contributed by atoms with van der Waals surface area (Å²) in [5.74, 6) is 0.204. The summed E-state index contributed by atoms with van der Waals surface area (Å²) in [5, 5.41) is 12.9. The van der Waals surface area contributed by atoms with Crippen molar-refractivity contribution >= 4 is 22.6 Å². The van der Waals surface area contributed by atoms with Crippen molar-refractivity contribution in [3.63, 3.8) is 0 Å². The molecule has 2 aromatic rings. The largest absolute Gasteiger partial charge is 0.370 e. The van der Waals surface area contributed by atoms with Gasteiger partial charge in [0.15, 0.2) is 0 Å². The maximum Gasteiger partial charge on any atom is 0.219 e. The smallest absolute Gasteiger partial charge is 0.219 e. The third-order valence-electron chi connectivity index (χ3n) is 2.51. The summed E-state index contributed by atoms with van der Waals surface area (Å²) >= 11 is 0. The van der Waals surface area contributed by atoms with E-state index in [9.17, 15) is 4.79 Å². The SMILES string of the molecule is N#Cc1cc(NCCC(N)=O)nc2ccccc12. The molecule has 5 heteroatoms. The van der Waals surface area contributed by atoms with Crippen molar-refractivity contribution in [2.45, 2.75) is 6.42 Å². The molecule has 3 N–H and O–H groups in total. The molecule has 1 heterocycles. The molecule has 1 aromatic heterocycles. The molecule has 0 bridgehead atoms. The van der Waals surface area contributed by atoms with Crippen LogP contribution in [0.4, 0.5) is 5.82 Å². The average molecular weight is 240 g/mol. The number of nitriles is 1. The minimum atomic E-state index is -0.371. The van der Waals surface area contributed by atoms with Crippen molar-refractivity contribution in [3.05, 3.63) is 35.9 Å². The summed E-state index contributed by atoms with van der Waals surface area (Å²) in [6.07, 6.45) is 0.233. The van der Waals surface area contributed by atoms with E-state index in [2.05, 4.69) is 16.4 Å². The Morgan fingerprint density at radius 1 is 1.44 bits per heavy atom. The number of para-hydroxylation sites is 1. The van der Waals surface area contributed by atoms with E-state index >= 15 is 0 Å². The normalized spacial score (nSPS) is 9.94. The molecule has 0 radical (unpaired) electrons. The fourth-order valence-corrected chi connectivity index (χ4v) is 1.67. The van der Waals surface area contributed by atoms with Crippen LogP contribution in [-0.2, 0) is 4.79 Å². The molecule has 18 heavy (non-hydrogen) atoms. The van der Waals surface area contributed by atoms with Crippen LogP contribution in [0, 0.1) is 11.3 Å². The van der Waals surface area contributed by atoms with Crippen LogP contribution < -0.4 is 11.1 Å². The highest BCUT2D eigenvalue weighted by molar-refractivity contribution is 5.86. The molecule has 0 unspecified atom stereocenters. The van der Waals surface area contributed by atoms with E-state index in [-0.39, 0.29) is 12.3 Å². The van der Waals surface area contributed by atoms with Crippen LogP contribution in [0.2, 0.25) is 0 Å². The fourth-order valence-electron chi connectivity index (χ4n) is 1.67. The molecule has 0 spiro atoms. The highest BCUT2D eigenvalue weighted by Gasteiger charge is 2.04. The van der Waals surface area contributed by atoms with Gasteiger partial charge in [0.25, 0.3) is 0 Å². The van der Waals surface area contributed by atoms with Gasteiger partial charge in [-0.2, -0.15) is 5.26 Å². The van der Waals surface area contributed by atoms with Crippen LogP contribution in [0.3, 0.4) is 0 Å². The summed E-state index contributed by atoms with van der Waals surface area (Å²) in [4.78, 5) is 15.0. The molecule has 0 fully saturated rings. The first-order valence-corrected chi connectivity index (χ1v) is 5.53. The number of amides is 1. The van der Waals surface area contributed by atoms with E-state index in [0.29, 0.717) is 17.9 Å². The molecule has 0 aliphatic carbocycles. The Morgan fingerprint density at radius 3 is 2.94 bits per heavy atom. The molecule has 0 saturated carbocycles. The number of nitrogens with one attached hydrogen (secondary N) is 1. The molecule has 0 atom stereocenters. The van der Waals surface area contributed by atoms with E-state index < -0.39 is 0 Å². The number of carbonyl (C=O) groups excluding carboxylic acids is 1. The summed E-state index contributed by atoms with van der Waals surface area (Å²) < 4.78 is 0. The van der Waals surface area contributed by atoms with Crippen LogP contribution in [0.15, 0.2) is 30.3 Å². The zero-order valence-electron chi connectivity index (χ0n) is 9.68. The lowest BCUT2D eigenvalue weighted by Crippen LogP contribution is -2.16. The molecule has 0 aliphatic heterocycles. The van der Waals surface area contributed by atoms with Crippen LogP contribution in [0.25, 0.3) is 10.9 Å². The summed E-state index contributed by atoms with van der Waals surface area (Å²) in [6, 6.07) is 11.2. The standard InChI is InChI=1S/C13H12N4O/c14-8-9-7-13(16-6-5-12(15)18)17-11-4-2-1-3-10(9)11/h1-4,7H,5-6H2,(H2,15,18)(H,16,17). The molecular formula is C13H12N4O. The first-order chi connectivity index (χ1) is 8.70. The molecule has 0 aliphatic rings. The van der Waals surface area contributed by atoms with Crippen molar-refractivity contribution in [1.82, 2.24) is 4.98 Å². The quantitative estimate of drug-likeness (QED) is 0.844. The van der Waals surface area contributed by atoms with Crippen molar-refractivity contribution in [3.8, 4) is 6.07 Å². The van der Waals surface area contributed by atoms with Gasteiger partial charge in [0, 0.05) is 18.4 Å². The first-order valence-electron chi connectivity index (χ1n) is 5.53. The maximum atomic E-state index is 10.6. The Bertz CT molecular complexity index is 630. The second kappa shape index (κ2) is 5.15. The first kappa shape index (κ1) is 11.9. The molecule has 0 saturated heterocycles. The van der Waals surface area contributed by atoms with Crippen LogP contribution in [0.5, 0.6) is 0 Å². The molecule has 1 aromatic carbocycles. The molecule has 90 valence electrons. The predicted octanol–water partition coefficient (Wildman–Crippen LogP) is 1.39. The lowest BCUT2D eigenvalue weighted by molar-refractivity contribution is -0.117. The van der Waals surface area contributed by atoms with Gasteiger partial charge in [-0.05, 0) is 12.1 Å². The number of carbonyl (C=O) groups is 1. The minimum Gasteiger partial charge on any atom is -0.370 e. The molecule has 1 amide bonds. The predicted molar refractivity (Wildman–Crippen MR) is 68.8 cm³/mol. The second-order valence-electron chi connectivity index (χ2n) is 3.83. The minimum absolute atomic E-state index is 0.233. The number of hydrogen-bond acceptors (Lipinski definition) is 4. The van der Waals surface area contributed by atoms with E-state index in [0.717, 1.165) is 10.9 Å². The molecular weight excluding hydrogens is 228 g/mol. The van der Waals surface area contributed by atoms with Crippen LogP contribution >= 0.6 is 0 Å². The van der Waals surface area contributed by atoms with E-state index in [1.165, 1.54) is 0 Å². The summed E-state index contributed by atoms with van der Waals surface area (Å²) in [5.41, 5.74) is 6.36. The number of primary amides is 1. The van der Waals surface area contributed by atoms with Gasteiger partial charge in [-0.1, -0.05) is 18.2 Å². The number of anilines is 1. The number of hydrogen-bond donors (Lipinski definition) is 2. The number of nitrogens with two attached hydrogens (primary N) is 1. The van der Waals surface area contributed by atoms with Gasteiger partial charge in [-0.25, -0.2) is 4.98 Å². The highest BCUT2D eigenvalue weighted by atomic mass is 16.1. The Morgan fingerprint density at radius 2 is 2.22 bits per heavy atom. The topological polar surface area (TPSA) is 91.8 Å². The third-order valence-corrected chi connectivity index (χ3v) is 2.51. The Kier molecular flexibility index (Phi) is 3.39. The van der Waals surface area contributed by atoms with Crippen LogP contribution in [-0.4, -0.2) is 17.4 Å². The summed E-state index contributed by atoms with van der Waals surface area (Å²) in [6.45, 7) is 0.408. The monoisotopic (exact) mass is 240 g/mol. The zero-order chi connectivity index (χ0) is 13.0. The Hall–Kier alpha value is -2.61. The van der Waals surface area contributed by atoms with Crippen molar-refractivity contribution < 1.29 is 4.79 Å². The average Bonchev–Trinajstić information content (AvgIpc) is 2.37. The number of pyridine rings is 1. The van der Waals surface area contributed by atoms with E-state index in [1.807, 2.05) is 24.3 Å². The van der Waals surface area contributed by atoms with Gasteiger partial charge < -0.3 is 11.1 Å². The number of nitrogens with zero attached hydrogens (tertiary/aromatic N) is 2. The van der Waals surface area contributed by atoms with Crippen LogP contribution in [0.1, 0.15) is 12.0 Å². The molecule has 2 rings (SSSR count). The van der Waals surface area contributed by atoms with Gasteiger partial charge in [0.2, 0.25) is 5.91 Å². The van der Waals surface area contributed by atoms with Gasteiger partial charge in [-0.3, -0.25) is 4.79 Å². The lowest BCUT2D eigenvalue weighted by Gasteiger charge is -2.06. The Labute approximate surface area is 104 Å². The zero-order valence-corrected chi connectivity index (χ0v) is 9.68. The van der Waals surface area contributed by atoms with Gasteiger partial charge in [0.1, 0.15) is 5.82 Å². The number of rotatable bonds is 4. The number of aromatic nitrogens is 1. The van der Waals surface area contributed by atoms with Gasteiger partial charge in [0.05, 0.1) is 17.1 Å². The lowest BCUT2D eigenvalue weighted by atomic mass is 10.1. The van der Waals surface area contributed by atoms with Gasteiger partial charge >= 0.3 is 0 Å². The second-order valence-corrected chi connectivity index (χ2v) is 3.83. The third kappa shape index (κ3) is 2.55. The fraction of sp³-hybridized carbons (Fsp3) is 0.154. The molecule has 5 nitrogen and oxygen atoms in total. The summed E-state index contributed by atoms with van der Waals surface area (Å²) in [7, 11) is 0. The van der Waals surface area contributed by atoms with Gasteiger partial charge in [-0.15, -0.1) is 0 Å². The number of benzene rings is 1. The van der Waals surface area contributed by atoms with Crippen molar-refractivity contribution in [1.29, 1.82) is 5.26 Å². The maximum absolute atomic E-state index is 10.6. The highest BCUT2D eigenvalue weighted by Crippen LogP contribution is 2.19. The van der Waals surface area contributed by atoms with E-state index in [1.54, 1.807) is 6.07 Å². The number of fused-ring (bicyclic) bond motifs is 1. The van der Waals surface area contributed by atoms with E-state index in [4.69, 9.17) is 11.0 Å². The Balaban J connectivity index is 2.30.